The first-order chi connectivity index (χ1) is 9.93. The first kappa shape index (κ1) is 15.3. The Kier molecular flexibility index (Phi) is 4.46. The van der Waals surface area contributed by atoms with Crippen LogP contribution in [0.15, 0.2) is 12.1 Å². The molecule has 1 aromatic carbocycles. The fraction of sp³-hybridized carbons (Fsp3) is 0.462. The largest absolute Gasteiger partial charge is 0.381 e. The normalized spacial score (nSPS) is 15.8. The van der Waals surface area contributed by atoms with Crippen LogP contribution in [0, 0.1) is 21.7 Å². The van der Waals surface area contributed by atoms with Gasteiger partial charge in [0.2, 0.25) is 5.82 Å². The first-order valence-corrected chi connectivity index (χ1v) is 6.40. The van der Waals surface area contributed by atoms with Crippen LogP contribution in [0.3, 0.4) is 0 Å². The van der Waals surface area contributed by atoms with Crippen molar-refractivity contribution in [3.05, 3.63) is 39.4 Å². The zero-order valence-corrected chi connectivity index (χ0v) is 11.3. The molecule has 1 saturated heterocycles. The van der Waals surface area contributed by atoms with Gasteiger partial charge in [-0.2, -0.15) is 4.39 Å². The van der Waals surface area contributed by atoms with Gasteiger partial charge in [0, 0.05) is 32.4 Å². The number of nitrogens with zero attached hydrogens (tertiary/aromatic N) is 2. The molecule has 0 unspecified atom stereocenters. The van der Waals surface area contributed by atoms with Gasteiger partial charge in [-0.1, -0.05) is 0 Å². The van der Waals surface area contributed by atoms with Gasteiger partial charge in [0.25, 0.3) is 5.91 Å². The molecule has 1 aliphatic rings. The number of nitro benzene ring substituents is 1. The summed E-state index contributed by atoms with van der Waals surface area (Å²) in [7, 11) is 1.43. The van der Waals surface area contributed by atoms with Crippen molar-refractivity contribution >= 4 is 11.6 Å². The Hall–Kier alpha value is -2.09. The SMILES string of the molecule is CN(C(=O)c1c(F)ccc([N+](=O)[O-])c1F)C1CCOCC1. The van der Waals surface area contributed by atoms with E-state index in [1.807, 2.05) is 0 Å². The number of rotatable bonds is 3. The Bertz CT molecular complexity index is 574. The first-order valence-electron chi connectivity index (χ1n) is 6.40. The van der Waals surface area contributed by atoms with E-state index in [1.165, 1.54) is 11.9 Å². The summed E-state index contributed by atoms with van der Waals surface area (Å²) in [5, 5.41) is 10.7. The van der Waals surface area contributed by atoms with Crippen LogP contribution >= 0.6 is 0 Å². The van der Waals surface area contributed by atoms with Gasteiger partial charge in [-0.05, 0) is 18.9 Å². The number of ether oxygens (including phenoxy) is 1. The highest BCUT2D eigenvalue weighted by molar-refractivity contribution is 5.95. The van der Waals surface area contributed by atoms with Gasteiger partial charge in [-0.15, -0.1) is 0 Å². The highest BCUT2D eigenvalue weighted by atomic mass is 19.1. The number of hydrogen-bond donors (Lipinski definition) is 0. The Balaban J connectivity index is 2.33. The van der Waals surface area contributed by atoms with Crippen LogP contribution in [0.2, 0.25) is 0 Å². The zero-order valence-electron chi connectivity index (χ0n) is 11.3. The van der Waals surface area contributed by atoms with Crippen molar-refractivity contribution in [1.29, 1.82) is 0 Å². The molecule has 1 amide bonds. The van der Waals surface area contributed by atoms with Crippen molar-refractivity contribution in [1.82, 2.24) is 4.90 Å². The fourth-order valence-corrected chi connectivity index (χ4v) is 2.29. The van der Waals surface area contributed by atoms with Gasteiger partial charge in [0.05, 0.1) is 4.92 Å². The van der Waals surface area contributed by atoms with Gasteiger partial charge < -0.3 is 9.64 Å². The molecule has 0 saturated carbocycles. The monoisotopic (exact) mass is 300 g/mol. The number of hydrogen-bond acceptors (Lipinski definition) is 4. The van der Waals surface area contributed by atoms with E-state index in [9.17, 15) is 23.7 Å². The summed E-state index contributed by atoms with van der Waals surface area (Å²) >= 11 is 0. The minimum Gasteiger partial charge on any atom is -0.381 e. The fourth-order valence-electron chi connectivity index (χ4n) is 2.29. The van der Waals surface area contributed by atoms with Gasteiger partial charge >= 0.3 is 5.69 Å². The number of amides is 1. The molecule has 114 valence electrons. The van der Waals surface area contributed by atoms with Gasteiger partial charge in [-0.3, -0.25) is 14.9 Å². The lowest BCUT2D eigenvalue weighted by molar-refractivity contribution is -0.387. The maximum Gasteiger partial charge on any atom is 0.305 e. The van der Waals surface area contributed by atoms with E-state index < -0.39 is 33.7 Å². The molecule has 0 radical (unpaired) electrons. The maximum atomic E-state index is 14.0. The molecule has 1 aromatic rings. The second-order valence-electron chi connectivity index (χ2n) is 4.77. The number of halogens is 2. The molecule has 0 aliphatic carbocycles. The van der Waals surface area contributed by atoms with Crippen LogP contribution in [0.1, 0.15) is 23.2 Å². The highest BCUT2D eigenvalue weighted by Crippen LogP contribution is 2.25. The molecule has 8 heteroatoms. The summed E-state index contributed by atoms with van der Waals surface area (Å²) in [6, 6.07) is 1.23. The summed E-state index contributed by atoms with van der Waals surface area (Å²) in [5.41, 5.74) is -1.81. The lowest BCUT2D eigenvalue weighted by Gasteiger charge is -2.31. The Morgan fingerprint density at radius 3 is 2.57 bits per heavy atom. The van der Waals surface area contributed by atoms with Gasteiger partial charge in [-0.25, -0.2) is 4.39 Å². The van der Waals surface area contributed by atoms with Crippen molar-refractivity contribution in [2.45, 2.75) is 18.9 Å². The summed E-state index contributed by atoms with van der Waals surface area (Å²) < 4.78 is 32.9. The molecule has 1 heterocycles. The lowest BCUT2D eigenvalue weighted by Crippen LogP contribution is -2.41. The summed E-state index contributed by atoms with van der Waals surface area (Å²) in [6.07, 6.45) is 1.11. The molecule has 21 heavy (non-hydrogen) atoms. The maximum absolute atomic E-state index is 14.0. The molecular weight excluding hydrogens is 286 g/mol. The standard InChI is InChI=1S/C13H14F2N2O4/c1-16(8-4-6-21-7-5-8)13(18)11-9(14)2-3-10(12(11)15)17(19)20/h2-3,8H,4-7H2,1H3. The van der Waals surface area contributed by atoms with E-state index in [-0.39, 0.29) is 6.04 Å². The highest BCUT2D eigenvalue weighted by Gasteiger charge is 2.31. The molecule has 0 N–H and O–H groups in total. The number of nitro groups is 1. The Morgan fingerprint density at radius 2 is 2.00 bits per heavy atom. The van der Waals surface area contributed by atoms with Crippen molar-refractivity contribution in [3.63, 3.8) is 0 Å². The average molecular weight is 300 g/mol. The van der Waals surface area contributed by atoms with E-state index in [0.717, 1.165) is 6.07 Å². The molecule has 0 spiro atoms. The topological polar surface area (TPSA) is 72.7 Å². The number of carbonyl (C=O) groups is 1. The molecule has 1 aliphatic heterocycles. The molecule has 2 rings (SSSR count). The van der Waals surface area contributed by atoms with Gasteiger partial charge in [0.15, 0.2) is 0 Å². The van der Waals surface area contributed by atoms with E-state index in [2.05, 4.69) is 0 Å². The van der Waals surface area contributed by atoms with Crippen LogP contribution in [0.25, 0.3) is 0 Å². The quantitative estimate of drug-likeness (QED) is 0.633. The van der Waals surface area contributed by atoms with Crippen molar-refractivity contribution < 1.29 is 23.2 Å². The third-order valence-electron chi connectivity index (χ3n) is 3.54. The lowest BCUT2D eigenvalue weighted by atomic mass is 10.1. The van der Waals surface area contributed by atoms with Crippen LogP contribution in [0.5, 0.6) is 0 Å². The molecule has 0 bridgehead atoms. The second kappa shape index (κ2) is 6.13. The summed E-state index contributed by atoms with van der Waals surface area (Å²) in [4.78, 5) is 23.2. The predicted molar refractivity (Wildman–Crippen MR) is 68.9 cm³/mol. The summed E-state index contributed by atoms with van der Waals surface area (Å²) in [6.45, 7) is 0.921. The van der Waals surface area contributed by atoms with E-state index >= 15 is 0 Å². The van der Waals surface area contributed by atoms with E-state index in [4.69, 9.17) is 4.74 Å². The molecule has 6 nitrogen and oxygen atoms in total. The summed E-state index contributed by atoms with van der Waals surface area (Å²) in [5.74, 6) is -3.45. The third-order valence-corrected chi connectivity index (χ3v) is 3.54. The zero-order chi connectivity index (χ0) is 15.6. The predicted octanol–water partition coefficient (Wildman–Crippen LogP) is 2.12. The van der Waals surface area contributed by atoms with Crippen LogP contribution < -0.4 is 0 Å². The molecular formula is C13H14F2N2O4. The van der Waals surface area contributed by atoms with Crippen molar-refractivity contribution in [3.8, 4) is 0 Å². The molecule has 0 atom stereocenters. The average Bonchev–Trinajstić information content (AvgIpc) is 2.46. The van der Waals surface area contributed by atoms with Crippen molar-refractivity contribution in [2.75, 3.05) is 20.3 Å². The Morgan fingerprint density at radius 1 is 1.38 bits per heavy atom. The molecule has 0 aromatic heterocycles. The number of carbonyl (C=O) groups excluding carboxylic acids is 1. The van der Waals surface area contributed by atoms with Crippen LogP contribution in [0.4, 0.5) is 14.5 Å². The van der Waals surface area contributed by atoms with Crippen LogP contribution in [-0.4, -0.2) is 42.0 Å². The van der Waals surface area contributed by atoms with Crippen molar-refractivity contribution in [2.24, 2.45) is 0 Å². The second-order valence-corrected chi connectivity index (χ2v) is 4.77. The van der Waals surface area contributed by atoms with E-state index in [0.29, 0.717) is 32.1 Å². The third kappa shape index (κ3) is 2.99. The Labute approximate surface area is 119 Å². The minimum atomic E-state index is -1.44. The minimum absolute atomic E-state index is 0.204. The van der Waals surface area contributed by atoms with E-state index in [1.54, 1.807) is 0 Å². The number of benzene rings is 1. The van der Waals surface area contributed by atoms with Crippen LogP contribution in [-0.2, 0) is 4.74 Å². The smallest absolute Gasteiger partial charge is 0.305 e. The molecule has 1 fully saturated rings. The van der Waals surface area contributed by atoms with Gasteiger partial charge in [0.1, 0.15) is 11.4 Å².